The van der Waals surface area contributed by atoms with Crippen LogP contribution in [0.3, 0.4) is 0 Å². The number of carbonyl (C=O) groups excluding carboxylic acids is 2. The number of benzene rings is 1. The highest BCUT2D eigenvalue weighted by Gasteiger charge is 2.22. The number of ether oxygens (including phenoxy) is 3. The second kappa shape index (κ2) is 6.20. The SMILES string of the molecule is CC(=O)c1c(C)[nH]c(C(=O)OCc2cc(Cl)c3c(c2)OCO3)c1C. The lowest BCUT2D eigenvalue weighted by molar-refractivity contribution is 0.0465. The first kappa shape index (κ1) is 16.4. The van der Waals surface area contributed by atoms with E-state index >= 15 is 0 Å². The van der Waals surface area contributed by atoms with Crippen LogP contribution in [0.15, 0.2) is 12.1 Å². The van der Waals surface area contributed by atoms with E-state index in [0.29, 0.717) is 38.9 Å². The van der Waals surface area contributed by atoms with Crippen LogP contribution in [-0.4, -0.2) is 23.5 Å². The number of hydrogen-bond acceptors (Lipinski definition) is 5. The molecule has 0 amide bonds. The number of aromatic nitrogens is 1. The lowest BCUT2D eigenvalue weighted by Crippen LogP contribution is -2.08. The number of aromatic amines is 1. The van der Waals surface area contributed by atoms with Crippen LogP contribution in [0, 0.1) is 13.8 Å². The molecule has 2 heterocycles. The second-order valence-electron chi connectivity index (χ2n) is 5.57. The van der Waals surface area contributed by atoms with Gasteiger partial charge < -0.3 is 19.2 Å². The summed E-state index contributed by atoms with van der Waals surface area (Å²) in [5.41, 5.74) is 2.73. The lowest BCUT2D eigenvalue weighted by atomic mass is 10.1. The standard InChI is InChI=1S/C17H16ClNO5/c1-8-14(10(3)20)9(2)19-15(8)17(21)22-6-11-4-12(18)16-13(5-11)23-7-24-16/h4-5,19H,6-7H2,1-3H3. The average molecular weight is 350 g/mol. The predicted molar refractivity (Wildman–Crippen MR) is 87.0 cm³/mol. The third kappa shape index (κ3) is 2.85. The van der Waals surface area contributed by atoms with Gasteiger partial charge in [0.05, 0.1) is 5.02 Å². The van der Waals surface area contributed by atoms with Gasteiger partial charge in [-0.3, -0.25) is 4.79 Å². The molecule has 6 nitrogen and oxygen atoms in total. The highest BCUT2D eigenvalue weighted by molar-refractivity contribution is 6.32. The van der Waals surface area contributed by atoms with Crippen molar-refractivity contribution in [2.75, 3.05) is 6.79 Å². The van der Waals surface area contributed by atoms with E-state index in [0.717, 1.165) is 0 Å². The van der Waals surface area contributed by atoms with Crippen molar-refractivity contribution in [1.29, 1.82) is 0 Å². The summed E-state index contributed by atoms with van der Waals surface area (Å²) in [5, 5.41) is 0.404. The summed E-state index contributed by atoms with van der Waals surface area (Å²) in [6.07, 6.45) is 0. The molecular weight excluding hydrogens is 334 g/mol. The molecule has 0 saturated carbocycles. The van der Waals surface area contributed by atoms with Crippen LogP contribution in [0.1, 0.15) is 44.6 Å². The molecular formula is C17H16ClNO5. The van der Waals surface area contributed by atoms with Gasteiger partial charge in [-0.05, 0) is 44.0 Å². The van der Waals surface area contributed by atoms with Gasteiger partial charge in [0, 0.05) is 11.3 Å². The van der Waals surface area contributed by atoms with Crippen LogP contribution in [0.5, 0.6) is 11.5 Å². The Morgan fingerprint density at radius 2 is 2.04 bits per heavy atom. The van der Waals surface area contributed by atoms with Crippen LogP contribution in [0.4, 0.5) is 0 Å². The fourth-order valence-corrected chi connectivity index (χ4v) is 3.10. The van der Waals surface area contributed by atoms with Crippen molar-refractivity contribution in [2.24, 2.45) is 0 Å². The van der Waals surface area contributed by atoms with Crippen LogP contribution in [0.25, 0.3) is 0 Å². The first-order valence-corrected chi connectivity index (χ1v) is 7.71. The van der Waals surface area contributed by atoms with Crippen molar-refractivity contribution >= 4 is 23.4 Å². The fraction of sp³-hybridized carbons (Fsp3) is 0.294. The minimum Gasteiger partial charge on any atom is -0.456 e. The number of carbonyl (C=O) groups is 2. The van der Waals surface area contributed by atoms with Gasteiger partial charge in [0.25, 0.3) is 0 Å². The number of hydrogen-bond donors (Lipinski definition) is 1. The molecule has 0 aliphatic carbocycles. The van der Waals surface area contributed by atoms with Crippen LogP contribution in [-0.2, 0) is 11.3 Å². The highest BCUT2D eigenvalue weighted by atomic mass is 35.5. The monoisotopic (exact) mass is 349 g/mol. The minimum atomic E-state index is -0.531. The van der Waals surface area contributed by atoms with Crippen LogP contribution in [0.2, 0.25) is 5.02 Å². The molecule has 0 radical (unpaired) electrons. The number of aryl methyl sites for hydroxylation is 1. The van der Waals surface area contributed by atoms with Crippen molar-refractivity contribution in [1.82, 2.24) is 4.98 Å². The number of rotatable bonds is 4. The summed E-state index contributed by atoms with van der Waals surface area (Å²) in [6, 6.07) is 3.38. The van der Waals surface area contributed by atoms with Gasteiger partial charge in [-0.15, -0.1) is 0 Å². The largest absolute Gasteiger partial charge is 0.456 e. The van der Waals surface area contributed by atoms with Gasteiger partial charge >= 0.3 is 5.97 Å². The van der Waals surface area contributed by atoms with Crippen molar-refractivity contribution in [2.45, 2.75) is 27.4 Å². The molecule has 24 heavy (non-hydrogen) atoms. The van der Waals surface area contributed by atoms with E-state index in [2.05, 4.69) is 4.98 Å². The van der Waals surface area contributed by atoms with Gasteiger partial charge in [-0.2, -0.15) is 0 Å². The number of nitrogens with one attached hydrogen (secondary N) is 1. The third-order valence-corrected chi connectivity index (χ3v) is 4.13. The molecule has 1 aromatic heterocycles. The van der Waals surface area contributed by atoms with Gasteiger partial charge in [-0.1, -0.05) is 11.6 Å². The Morgan fingerprint density at radius 3 is 2.71 bits per heavy atom. The topological polar surface area (TPSA) is 77.6 Å². The molecule has 1 aliphatic heterocycles. The number of H-pyrrole nitrogens is 1. The zero-order chi connectivity index (χ0) is 17.4. The molecule has 0 spiro atoms. The van der Waals surface area contributed by atoms with E-state index in [1.54, 1.807) is 26.0 Å². The number of halogens is 1. The van der Waals surface area contributed by atoms with Crippen LogP contribution >= 0.6 is 11.6 Å². The first-order valence-electron chi connectivity index (χ1n) is 7.33. The second-order valence-corrected chi connectivity index (χ2v) is 5.98. The molecule has 1 aromatic carbocycles. The number of ketones is 1. The van der Waals surface area contributed by atoms with Gasteiger partial charge in [0.15, 0.2) is 17.3 Å². The van der Waals surface area contributed by atoms with Crippen molar-refractivity contribution in [3.63, 3.8) is 0 Å². The first-order chi connectivity index (χ1) is 11.4. The molecule has 1 aliphatic rings. The normalized spacial score (nSPS) is 12.3. The third-order valence-electron chi connectivity index (χ3n) is 3.85. The Balaban J connectivity index is 1.76. The number of fused-ring (bicyclic) bond motifs is 1. The Morgan fingerprint density at radius 1 is 1.29 bits per heavy atom. The summed E-state index contributed by atoms with van der Waals surface area (Å²) in [4.78, 5) is 26.8. The van der Waals surface area contributed by atoms with E-state index in [-0.39, 0.29) is 24.9 Å². The smallest absolute Gasteiger partial charge is 0.355 e. The van der Waals surface area contributed by atoms with Gasteiger partial charge in [-0.25, -0.2) is 4.79 Å². The van der Waals surface area contributed by atoms with Crippen molar-refractivity contribution in [3.8, 4) is 11.5 Å². The minimum absolute atomic E-state index is 0.0299. The molecule has 0 bridgehead atoms. The number of esters is 1. The Hall–Kier alpha value is -2.47. The van der Waals surface area contributed by atoms with E-state index in [9.17, 15) is 9.59 Å². The molecule has 0 fully saturated rings. The Bertz CT molecular complexity index is 840. The quantitative estimate of drug-likeness (QED) is 0.674. The zero-order valence-corrected chi connectivity index (χ0v) is 14.2. The lowest BCUT2D eigenvalue weighted by Gasteiger charge is -2.07. The molecule has 2 aromatic rings. The summed E-state index contributed by atoms with van der Waals surface area (Å²) in [5.74, 6) is 0.396. The van der Waals surface area contributed by atoms with E-state index in [1.807, 2.05) is 0 Å². The summed E-state index contributed by atoms with van der Waals surface area (Å²) in [6.45, 7) is 5.08. The van der Waals surface area contributed by atoms with Gasteiger partial charge in [0.2, 0.25) is 6.79 Å². The average Bonchev–Trinajstić information content (AvgIpc) is 3.09. The predicted octanol–water partition coefficient (Wildman–Crippen LogP) is 3.57. The fourth-order valence-electron chi connectivity index (χ4n) is 2.81. The maximum absolute atomic E-state index is 12.3. The Kier molecular flexibility index (Phi) is 4.24. The Labute approximate surface area is 143 Å². The zero-order valence-electron chi connectivity index (χ0n) is 13.5. The van der Waals surface area contributed by atoms with E-state index in [1.165, 1.54) is 6.92 Å². The molecule has 7 heteroatoms. The maximum atomic E-state index is 12.3. The molecule has 0 saturated heterocycles. The van der Waals surface area contributed by atoms with Crippen molar-refractivity contribution in [3.05, 3.63) is 45.2 Å². The van der Waals surface area contributed by atoms with E-state index in [4.69, 9.17) is 25.8 Å². The summed E-state index contributed by atoms with van der Waals surface area (Å²) in [7, 11) is 0. The molecule has 0 unspecified atom stereocenters. The highest BCUT2D eigenvalue weighted by Crippen LogP contribution is 2.39. The van der Waals surface area contributed by atoms with Crippen LogP contribution < -0.4 is 9.47 Å². The molecule has 0 atom stereocenters. The van der Waals surface area contributed by atoms with Crippen molar-refractivity contribution < 1.29 is 23.8 Å². The van der Waals surface area contributed by atoms with Gasteiger partial charge in [0.1, 0.15) is 12.3 Å². The maximum Gasteiger partial charge on any atom is 0.355 e. The number of Topliss-reactive ketones (excluding diaryl/α,β-unsaturated/α-hetero) is 1. The molecule has 126 valence electrons. The molecule has 1 N–H and O–H groups in total. The summed E-state index contributed by atoms with van der Waals surface area (Å²) < 4.78 is 15.8. The summed E-state index contributed by atoms with van der Waals surface area (Å²) >= 11 is 6.10. The molecule has 3 rings (SSSR count). The van der Waals surface area contributed by atoms with E-state index < -0.39 is 5.97 Å².